The molecular weight excluding hydrogens is 386 g/mol. The van der Waals surface area contributed by atoms with Gasteiger partial charge in [0, 0.05) is 11.4 Å². The topological polar surface area (TPSA) is 72.5 Å². The molecule has 29 heavy (non-hydrogen) atoms. The Labute approximate surface area is 175 Å². The number of esters is 1. The molecule has 156 valence electrons. The summed E-state index contributed by atoms with van der Waals surface area (Å²) in [6.07, 6.45) is 0. The van der Waals surface area contributed by atoms with Crippen molar-refractivity contribution in [2.24, 2.45) is 0 Å². The highest BCUT2D eigenvalue weighted by atomic mass is 32.2. The lowest BCUT2D eigenvalue weighted by molar-refractivity contribution is -0.119. The third-order valence-corrected chi connectivity index (χ3v) is 5.96. The Morgan fingerprint density at radius 3 is 2.10 bits per heavy atom. The molecule has 0 bridgehead atoms. The minimum atomic E-state index is -1.29. The van der Waals surface area contributed by atoms with Crippen LogP contribution < -0.4 is 5.32 Å². The number of hydrogen-bond acceptors (Lipinski definition) is 4. The van der Waals surface area contributed by atoms with E-state index in [9.17, 15) is 13.8 Å². The van der Waals surface area contributed by atoms with E-state index in [-0.39, 0.29) is 17.4 Å². The van der Waals surface area contributed by atoms with Crippen molar-refractivity contribution in [1.82, 2.24) is 0 Å². The fraction of sp³-hybridized carbons (Fsp3) is 0.391. The van der Waals surface area contributed by atoms with Crippen LogP contribution in [0.4, 0.5) is 5.69 Å². The summed E-state index contributed by atoms with van der Waals surface area (Å²) in [7, 11) is -1.29. The Morgan fingerprint density at radius 2 is 1.55 bits per heavy atom. The molecule has 1 atom stereocenters. The van der Waals surface area contributed by atoms with Gasteiger partial charge in [0.05, 0.1) is 21.3 Å². The molecule has 0 aliphatic heterocycles. The highest BCUT2D eigenvalue weighted by Crippen LogP contribution is 2.32. The molecule has 2 rings (SSSR count). The molecule has 0 unspecified atom stereocenters. The number of amides is 1. The summed E-state index contributed by atoms with van der Waals surface area (Å²) in [5, 5.41) is 2.92. The van der Waals surface area contributed by atoms with Crippen LogP contribution in [0.25, 0.3) is 0 Å². The second-order valence-electron chi connectivity index (χ2n) is 7.38. The summed E-state index contributed by atoms with van der Waals surface area (Å²) in [5.41, 5.74) is 3.09. The third kappa shape index (κ3) is 5.76. The molecule has 6 heteroatoms. The number of benzene rings is 2. The van der Waals surface area contributed by atoms with Gasteiger partial charge in [-0.3, -0.25) is 9.00 Å². The first kappa shape index (κ1) is 22.8. The number of rotatable bonds is 8. The Kier molecular flexibility index (Phi) is 8.14. The van der Waals surface area contributed by atoms with Gasteiger partial charge in [-0.2, -0.15) is 0 Å². The number of ether oxygens (including phenoxy) is 1. The average Bonchev–Trinajstić information content (AvgIpc) is 2.71. The standard InChI is InChI=1S/C23H29NO4S/c1-6-29(27)20-13-8-7-10-19(20)23(26)28-14-21(25)24-22-17(15(2)3)11-9-12-18(22)16(4)5/h7-13,15-16H,6,14H2,1-5H3,(H,24,25)/t29-/m0/s1. The Balaban J connectivity index is 2.14. The SMILES string of the molecule is CC[S@](=O)c1ccccc1C(=O)OCC(=O)Nc1c(C(C)C)cccc1C(C)C. The van der Waals surface area contributed by atoms with E-state index in [0.29, 0.717) is 10.6 Å². The lowest BCUT2D eigenvalue weighted by Gasteiger charge is -2.20. The summed E-state index contributed by atoms with van der Waals surface area (Å²) >= 11 is 0. The van der Waals surface area contributed by atoms with Crippen LogP contribution in [-0.2, 0) is 20.3 Å². The van der Waals surface area contributed by atoms with Crippen LogP contribution in [0.1, 0.15) is 67.9 Å². The molecule has 0 saturated carbocycles. The molecule has 0 radical (unpaired) electrons. The van der Waals surface area contributed by atoms with Crippen molar-refractivity contribution in [3.63, 3.8) is 0 Å². The smallest absolute Gasteiger partial charge is 0.339 e. The van der Waals surface area contributed by atoms with Crippen molar-refractivity contribution in [1.29, 1.82) is 0 Å². The Morgan fingerprint density at radius 1 is 0.966 bits per heavy atom. The number of anilines is 1. The summed E-state index contributed by atoms with van der Waals surface area (Å²) in [6, 6.07) is 12.6. The Hall–Kier alpha value is -2.47. The fourth-order valence-electron chi connectivity index (χ4n) is 3.07. The van der Waals surface area contributed by atoms with Gasteiger partial charge in [-0.05, 0) is 35.1 Å². The number of carbonyl (C=O) groups is 2. The van der Waals surface area contributed by atoms with Crippen LogP contribution in [0.3, 0.4) is 0 Å². The van der Waals surface area contributed by atoms with E-state index in [4.69, 9.17) is 4.74 Å². The number of nitrogens with one attached hydrogen (secondary N) is 1. The van der Waals surface area contributed by atoms with Gasteiger partial charge in [0.25, 0.3) is 5.91 Å². The molecule has 0 spiro atoms. The second-order valence-corrected chi connectivity index (χ2v) is 9.08. The van der Waals surface area contributed by atoms with Crippen LogP contribution in [0.15, 0.2) is 47.4 Å². The summed E-state index contributed by atoms with van der Waals surface area (Å²) in [5.74, 6) is -0.180. The van der Waals surface area contributed by atoms with Crippen molar-refractivity contribution in [2.75, 3.05) is 17.7 Å². The Bertz CT molecular complexity index is 879. The normalized spacial score (nSPS) is 12.1. The molecule has 0 aromatic heterocycles. The van der Waals surface area contributed by atoms with Crippen molar-refractivity contribution in [2.45, 2.75) is 51.3 Å². The van der Waals surface area contributed by atoms with Crippen LogP contribution >= 0.6 is 0 Å². The minimum absolute atomic E-state index is 0.228. The van der Waals surface area contributed by atoms with Crippen molar-refractivity contribution in [3.05, 3.63) is 59.2 Å². The van der Waals surface area contributed by atoms with E-state index in [1.165, 1.54) is 0 Å². The molecular formula is C23H29NO4S. The first-order chi connectivity index (χ1) is 13.8. The van der Waals surface area contributed by atoms with Crippen LogP contribution in [0.5, 0.6) is 0 Å². The molecule has 0 saturated heterocycles. The van der Waals surface area contributed by atoms with Gasteiger partial charge >= 0.3 is 5.97 Å². The molecule has 2 aromatic rings. The molecule has 0 heterocycles. The zero-order valence-corrected chi connectivity index (χ0v) is 18.5. The molecule has 0 fully saturated rings. The molecule has 5 nitrogen and oxygen atoms in total. The van der Waals surface area contributed by atoms with E-state index >= 15 is 0 Å². The van der Waals surface area contributed by atoms with Gasteiger partial charge in [-0.1, -0.05) is 65.0 Å². The molecule has 1 N–H and O–H groups in total. The lowest BCUT2D eigenvalue weighted by atomic mass is 9.92. The second kappa shape index (κ2) is 10.3. The van der Waals surface area contributed by atoms with Gasteiger partial charge in [-0.25, -0.2) is 4.79 Å². The summed E-state index contributed by atoms with van der Waals surface area (Å²) in [6.45, 7) is 9.65. The molecule has 0 aliphatic rings. The molecule has 2 aromatic carbocycles. The monoisotopic (exact) mass is 415 g/mol. The van der Waals surface area contributed by atoms with Gasteiger partial charge in [-0.15, -0.1) is 0 Å². The predicted molar refractivity (Wildman–Crippen MR) is 117 cm³/mol. The number of carbonyl (C=O) groups excluding carboxylic acids is 2. The number of hydrogen-bond donors (Lipinski definition) is 1. The van der Waals surface area contributed by atoms with Gasteiger partial charge < -0.3 is 10.1 Å². The largest absolute Gasteiger partial charge is 0.452 e. The number of para-hydroxylation sites is 1. The van der Waals surface area contributed by atoms with E-state index in [1.54, 1.807) is 31.2 Å². The summed E-state index contributed by atoms with van der Waals surface area (Å²) < 4.78 is 17.4. The quantitative estimate of drug-likeness (QED) is 0.625. The van der Waals surface area contributed by atoms with Crippen LogP contribution in [0, 0.1) is 0 Å². The molecule has 0 aliphatic carbocycles. The van der Waals surface area contributed by atoms with Crippen LogP contribution in [0.2, 0.25) is 0 Å². The van der Waals surface area contributed by atoms with Gasteiger partial charge in [0.15, 0.2) is 6.61 Å². The first-order valence-corrected chi connectivity index (χ1v) is 11.1. The van der Waals surface area contributed by atoms with Crippen LogP contribution in [-0.4, -0.2) is 28.4 Å². The van der Waals surface area contributed by atoms with Gasteiger partial charge in [0.1, 0.15) is 0 Å². The third-order valence-electron chi connectivity index (χ3n) is 4.59. The summed E-state index contributed by atoms with van der Waals surface area (Å²) in [4.78, 5) is 25.4. The van der Waals surface area contributed by atoms with Gasteiger partial charge in [0.2, 0.25) is 0 Å². The fourth-order valence-corrected chi connectivity index (χ4v) is 4.01. The van der Waals surface area contributed by atoms with E-state index in [0.717, 1.165) is 16.8 Å². The maximum atomic E-state index is 12.5. The minimum Gasteiger partial charge on any atom is -0.452 e. The molecule has 1 amide bonds. The predicted octanol–water partition coefficient (Wildman–Crippen LogP) is 4.86. The highest BCUT2D eigenvalue weighted by Gasteiger charge is 2.19. The maximum absolute atomic E-state index is 12.5. The average molecular weight is 416 g/mol. The lowest BCUT2D eigenvalue weighted by Crippen LogP contribution is -2.23. The zero-order valence-electron chi connectivity index (χ0n) is 17.7. The van der Waals surface area contributed by atoms with Crippen molar-refractivity contribution >= 4 is 28.4 Å². The van der Waals surface area contributed by atoms with E-state index < -0.39 is 29.3 Å². The zero-order chi connectivity index (χ0) is 21.6. The maximum Gasteiger partial charge on any atom is 0.339 e. The highest BCUT2D eigenvalue weighted by molar-refractivity contribution is 7.85. The van der Waals surface area contributed by atoms with E-state index in [2.05, 4.69) is 33.0 Å². The van der Waals surface area contributed by atoms with E-state index in [1.807, 2.05) is 18.2 Å². The van der Waals surface area contributed by atoms with Crippen molar-refractivity contribution in [3.8, 4) is 0 Å². The van der Waals surface area contributed by atoms with Crippen molar-refractivity contribution < 1.29 is 18.5 Å². The first-order valence-electron chi connectivity index (χ1n) is 9.83.